The Morgan fingerprint density at radius 2 is 2.11 bits per heavy atom. The molecule has 1 aromatic rings. The second-order valence-corrected chi connectivity index (χ2v) is 5.29. The summed E-state index contributed by atoms with van der Waals surface area (Å²) in [7, 11) is 1.73. The van der Waals surface area contributed by atoms with Gasteiger partial charge in [-0.15, -0.1) is 0 Å². The normalized spacial score (nSPS) is 13.4. The van der Waals surface area contributed by atoms with Crippen LogP contribution in [0.15, 0.2) is 16.5 Å². The van der Waals surface area contributed by atoms with Gasteiger partial charge < -0.3 is 14.9 Å². The van der Waals surface area contributed by atoms with Crippen molar-refractivity contribution in [2.45, 2.75) is 33.2 Å². The molecule has 0 amide bonds. The minimum Gasteiger partial charge on any atom is -0.464 e. The third-order valence-corrected chi connectivity index (χ3v) is 3.21. The van der Waals surface area contributed by atoms with Gasteiger partial charge in [0.15, 0.2) is 0 Å². The van der Waals surface area contributed by atoms with Gasteiger partial charge >= 0.3 is 0 Å². The molecule has 0 saturated carbocycles. The first-order valence-corrected chi connectivity index (χ1v) is 7.14. The molecule has 4 nitrogen and oxygen atoms in total. The molecular formula is C15H28N2O2. The molecule has 1 heterocycles. The fraction of sp³-hybridized carbons (Fsp3) is 0.733. The molecule has 1 atom stereocenters. The Hall–Kier alpha value is -0.840. The summed E-state index contributed by atoms with van der Waals surface area (Å²) in [5.41, 5.74) is 5.96. The fourth-order valence-corrected chi connectivity index (χ4v) is 2.26. The van der Waals surface area contributed by atoms with Crippen molar-refractivity contribution < 1.29 is 9.15 Å². The van der Waals surface area contributed by atoms with Gasteiger partial charge in [-0.2, -0.15) is 0 Å². The lowest BCUT2D eigenvalue weighted by Crippen LogP contribution is -2.38. The van der Waals surface area contributed by atoms with Gasteiger partial charge in [0.1, 0.15) is 11.5 Å². The van der Waals surface area contributed by atoms with E-state index in [4.69, 9.17) is 14.9 Å². The standard InChI is InChI=1S/C15H28N2O2/c1-5-13-6-7-15(19-13)14(10-16)17(8-9-18-4)11-12(2)3/h6-7,12,14H,5,8-11,16H2,1-4H3. The number of furan rings is 1. The third-order valence-electron chi connectivity index (χ3n) is 3.21. The van der Waals surface area contributed by atoms with Gasteiger partial charge in [-0.3, -0.25) is 4.90 Å². The molecule has 1 rings (SSSR count). The maximum absolute atomic E-state index is 5.96. The van der Waals surface area contributed by atoms with Gasteiger partial charge in [-0.25, -0.2) is 0 Å². The molecule has 4 heteroatoms. The van der Waals surface area contributed by atoms with Gasteiger partial charge in [0, 0.05) is 33.2 Å². The lowest BCUT2D eigenvalue weighted by Gasteiger charge is -2.30. The van der Waals surface area contributed by atoms with Crippen LogP contribution in [0.25, 0.3) is 0 Å². The van der Waals surface area contributed by atoms with E-state index in [2.05, 4.69) is 31.7 Å². The first kappa shape index (κ1) is 16.2. The van der Waals surface area contributed by atoms with E-state index in [0.717, 1.165) is 31.0 Å². The van der Waals surface area contributed by atoms with Crippen molar-refractivity contribution >= 4 is 0 Å². The Morgan fingerprint density at radius 1 is 1.37 bits per heavy atom. The smallest absolute Gasteiger partial charge is 0.122 e. The van der Waals surface area contributed by atoms with Gasteiger partial charge in [0.05, 0.1) is 12.6 Å². The number of rotatable bonds is 9. The van der Waals surface area contributed by atoms with Crippen molar-refractivity contribution in [1.29, 1.82) is 0 Å². The number of hydrogen-bond acceptors (Lipinski definition) is 4. The highest BCUT2D eigenvalue weighted by Gasteiger charge is 2.22. The Labute approximate surface area is 116 Å². The molecule has 19 heavy (non-hydrogen) atoms. The molecule has 0 aliphatic carbocycles. The topological polar surface area (TPSA) is 51.6 Å². The van der Waals surface area contributed by atoms with Crippen LogP contribution in [0.1, 0.15) is 38.3 Å². The molecule has 110 valence electrons. The molecule has 0 aliphatic rings. The van der Waals surface area contributed by atoms with Gasteiger partial charge in [0.2, 0.25) is 0 Å². The maximum atomic E-state index is 5.96. The predicted octanol–water partition coefficient (Wildman–Crippen LogP) is 2.45. The van der Waals surface area contributed by atoms with Crippen molar-refractivity contribution in [1.82, 2.24) is 4.90 Å². The van der Waals surface area contributed by atoms with Crippen molar-refractivity contribution in [3.8, 4) is 0 Å². The van der Waals surface area contributed by atoms with E-state index in [-0.39, 0.29) is 6.04 Å². The average molecular weight is 268 g/mol. The van der Waals surface area contributed by atoms with E-state index < -0.39 is 0 Å². The fourth-order valence-electron chi connectivity index (χ4n) is 2.26. The Morgan fingerprint density at radius 3 is 2.58 bits per heavy atom. The summed E-state index contributed by atoms with van der Waals surface area (Å²) in [6, 6.07) is 4.23. The van der Waals surface area contributed by atoms with Crippen LogP contribution in [0.3, 0.4) is 0 Å². The Bertz CT molecular complexity index is 350. The number of nitrogens with zero attached hydrogens (tertiary/aromatic N) is 1. The van der Waals surface area contributed by atoms with Gasteiger partial charge in [-0.1, -0.05) is 20.8 Å². The molecule has 1 unspecified atom stereocenters. The average Bonchev–Trinajstić information content (AvgIpc) is 2.84. The summed E-state index contributed by atoms with van der Waals surface area (Å²) in [4.78, 5) is 2.35. The summed E-state index contributed by atoms with van der Waals surface area (Å²) < 4.78 is 11.1. The van der Waals surface area contributed by atoms with Crippen LogP contribution in [0.4, 0.5) is 0 Å². The van der Waals surface area contributed by atoms with E-state index in [0.29, 0.717) is 19.1 Å². The van der Waals surface area contributed by atoms with Crippen LogP contribution in [0.2, 0.25) is 0 Å². The van der Waals surface area contributed by atoms with E-state index in [1.165, 1.54) is 0 Å². The van der Waals surface area contributed by atoms with Crippen LogP contribution in [-0.4, -0.2) is 38.3 Å². The number of ether oxygens (including phenoxy) is 1. The first-order valence-electron chi connectivity index (χ1n) is 7.14. The van der Waals surface area contributed by atoms with Crippen molar-refractivity contribution in [3.63, 3.8) is 0 Å². The molecule has 0 radical (unpaired) electrons. The number of nitrogens with two attached hydrogens (primary N) is 1. The molecule has 0 aromatic carbocycles. The van der Waals surface area contributed by atoms with Crippen LogP contribution in [-0.2, 0) is 11.2 Å². The summed E-state index contributed by atoms with van der Waals surface area (Å²) in [5.74, 6) is 2.58. The minimum absolute atomic E-state index is 0.137. The van der Waals surface area contributed by atoms with Crippen molar-refractivity contribution in [2.75, 3.05) is 33.4 Å². The van der Waals surface area contributed by atoms with Crippen molar-refractivity contribution in [2.24, 2.45) is 11.7 Å². The Kier molecular flexibility index (Phi) is 7.13. The number of methoxy groups -OCH3 is 1. The predicted molar refractivity (Wildman–Crippen MR) is 78.2 cm³/mol. The van der Waals surface area contributed by atoms with Gasteiger partial charge in [-0.05, 0) is 18.1 Å². The first-order chi connectivity index (χ1) is 9.12. The molecule has 0 fully saturated rings. The molecule has 0 bridgehead atoms. The lowest BCUT2D eigenvalue weighted by molar-refractivity contribution is 0.103. The van der Waals surface area contributed by atoms with Crippen LogP contribution in [0.5, 0.6) is 0 Å². The van der Waals surface area contributed by atoms with E-state index >= 15 is 0 Å². The second-order valence-electron chi connectivity index (χ2n) is 5.29. The highest BCUT2D eigenvalue weighted by molar-refractivity contribution is 5.11. The van der Waals surface area contributed by atoms with Crippen molar-refractivity contribution in [3.05, 3.63) is 23.7 Å². The second kappa shape index (κ2) is 8.35. The largest absolute Gasteiger partial charge is 0.464 e. The van der Waals surface area contributed by atoms with E-state index in [9.17, 15) is 0 Å². The monoisotopic (exact) mass is 268 g/mol. The molecule has 2 N–H and O–H groups in total. The van der Waals surface area contributed by atoms with Crippen LogP contribution < -0.4 is 5.73 Å². The lowest BCUT2D eigenvalue weighted by atomic mass is 10.1. The van der Waals surface area contributed by atoms with E-state index in [1.54, 1.807) is 7.11 Å². The van der Waals surface area contributed by atoms with Crippen LogP contribution >= 0.6 is 0 Å². The summed E-state index contributed by atoms with van der Waals surface area (Å²) in [5, 5.41) is 0. The Balaban J connectivity index is 2.81. The molecule has 1 aromatic heterocycles. The summed E-state index contributed by atoms with van der Waals surface area (Å²) in [6.07, 6.45) is 0.916. The third kappa shape index (κ3) is 4.97. The summed E-state index contributed by atoms with van der Waals surface area (Å²) in [6.45, 7) is 9.67. The highest BCUT2D eigenvalue weighted by atomic mass is 16.5. The zero-order chi connectivity index (χ0) is 14.3. The van der Waals surface area contributed by atoms with Gasteiger partial charge in [0.25, 0.3) is 0 Å². The summed E-state index contributed by atoms with van der Waals surface area (Å²) >= 11 is 0. The van der Waals surface area contributed by atoms with E-state index in [1.807, 2.05) is 6.07 Å². The molecule has 0 aliphatic heterocycles. The highest BCUT2D eigenvalue weighted by Crippen LogP contribution is 2.23. The minimum atomic E-state index is 0.137. The van der Waals surface area contributed by atoms with Crippen LogP contribution in [0, 0.1) is 5.92 Å². The zero-order valence-electron chi connectivity index (χ0n) is 12.7. The molecule has 0 saturated heterocycles. The molecule has 0 spiro atoms. The zero-order valence-corrected chi connectivity index (χ0v) is 12.7. The number of hydrogen-bond donors (Lipinski definition) is 1. The number of aryl methyl sites for hydroxylation is 1. The molecular weight excluding hydrogens is 240 g/mol. The SMILES string of the molecule is CCc1ccc(C(CN)N(CCOC)CC(C)C)o1. The maximum Gasteiger partial charge on any atom is 0.122 e. The quantitative estimate of drug-likeness (QED) is 0.747.